The zero-order valence-corrected chi connectivity index (χ0v) is 9.44. The van der Waals surface area contributed by atoms with E-state index in [-0.39, 0.29) is 12.5 Å². The Hall–Kier alpha value is -0.710. The summed E-state index contributed by atoms with van der Waals surface area (Å²) in [6.45, 7) is 2.14. The van der Waals surface area contributed by atoms with Gasteiger partial charge in [-0.25, -0.2) is 4.98 Å². The van der Waals surface area contributed by atoms with Gasteiger partial charge in [0.25, 0.3) is 0 Å². The Balaban J connectivity index is 2.26. The van der Waals surface area contributed by atoms with Gasteiger partial charge in [0.1, 0.15) is 5.01 Å². The number of thiophene rings is 1. The standard InChI is InChI=1S/C10H11NOS2/c1-7(5-12)8-6-14-10(11-8)9-3-2-4-13-9/h2-4,6-7,12H,5H2,1H3. The lowest BCUT2D eigenvalue weighted by molar-refractivity contribution is 0.271. The monoisotopic (exact) mass is 225 g/mol. The van der Waals surface area contributed by atoms with Crippen LogP contribution >= 0.6 is 22.7 Å². The molecular formula is C10H11NOS2. The van der Waals surface area contributed by atoms with E-state index in [0.717, 1.165) is 10.7 Å². The first-order valence-corrected chi connectivity index (χ1v) is 6.17. The highest BCUT2D eigenvalue weighted by molar-refractivity contribution is 7.20. The fourth-order valence-corrected chi connectivity index (χ4v) is 2.88. The molecule has 14 heavy (non-hydrogen) atoms. The summed E-state index contributed by atoms with van der Waals surface area (Å²) >= 11 is 3.33. The molecule has 0 bridgehead atoms. The molecule has 0 saturated carbocycles. The van der Waals surface area contributed by atoms with Crippen LogP contribution in [0.2, 0.25) is 0 Å². The summed E-state index contributed by atoms with van der Waals surface area (Å²) in [4.78, 5) is 5.69. The molecule has 2 heterocycles. The summed E-state index contributed by atoms with van der Waals surface area (Å²) in [5.41, 5.74) is 0.987. The van der Waals surface area contributed by atoms with E-state index in [2.05, 4.69) is 11.1 Å². The summed E-state index contributed by atoms with van der Waals surface area (Å²) in [7, 11) is 0. The number of nitrogens with zero attached hydrogens (tertiary/aromatic N) is 1. The van der Waals surface area contributed by atoms with E-state index >= 15 is 0 Å². The number of aliphatic hydroxyl groups excluding tert-OH is 1. The Morgan fingerprint density at radius 2 is 2.36 bits per heavy atom. The molecule has 2 aromatic rings. The number of thiazole rings is 1. The Kier molecular flexibility index (Phi) is 2.96. The van der Waals surface area contributed by atoms with Crippen LogP contribution in [0.15, 0.2) is 22.9 Å². The van der Waals surface area contributed by atoms with E-state index in [1.807, 2.05) is 23.8 Å². The SMILES string of the molecule is CC(CO)c1csc(-c2cccs2)n1. The number of rotatable bonds is 3. The maximum Gasteiger partial charge on any atom is 0.133 e. The maximum absolute atomic E-state index is 9.00. The first kappa shape index (κ1) is 9.83. The normalized spacial score (nSPS) is 13.0. The van der Waals surface area contributed by atoms with E-state index in [1.165, 1.54) is 4.88 Å². The third-order valence-electron chi connectivity index (χ3n) is 2.03. The molecule has 0 radical (unpaired) electrons. The maximum atomic E-state index is 9.00. The average molecular weight is 225 g/mol. The molecule has 0 saturated heterocycles. The fraction of sp³-hybridized carbons (Fsp3) is 0.300. The van der Waals surface area contributed by atoms with Gasteiger partial charge >= 0.3 is 0 Å². The molecule has 0 aromatic carbocycles. The molecule has 1 N–H and O–H groups in total. The largest absolute Gasteiger partial charge is 0.396 e. The van der Waals surface area contributed by atoms with E-state index in [0.29, 0.717) is 0 Å². The van der Waals surface area contributed by atoms with Gasteiger partial charge in [-0.3, -0.25) is 0 Å². The van der Waals surface area contributed by atoms with Crippen molar-refractivity contribution in [2.75, 3.05) is 6.61 Å². The highest BCUT2D eigenvalue weighted by atomic mass is 32.1. The van der Waals surface area contributed by atoms with Crippen molar-refractivity contribution in [3.8, 4) is 9.88 Å². The fourth-order valence-electron chi connectivity index (χ4n) is 1.12. The topological polar surface area (TPSA) is 33.1 Å². The molecule has 0 aliphatic heterocycles. The van der Waals surface area contributed by atoms with Crippen molar-refractivity contribution in [3.05, 3.63) is 28.6 Å². The first-order chi connectivity index (χ1) is 6.81. The third-order valence-corrected chi connectivity index (χ3v) is 3.93. The van der Waals surface area contributed by atoms with Gasteiger partial charge in [0.2, 0.25) is 0 Å². The average Bonchev–Trinajstić information content (AvgIpc) is 2.86. The van der Waals surface area contributed by atoms with Crippen LogP contribution in [0.4, 0.5) is 0 Å². The zero-order chi connectivity index (χ0) is 9.97. The molecule has 0 aliphatic rings. The lowest BCUT2D eigenvalue weighted by atomic mass is 10.1. The number of aliphatic hydroxyl groups is 1. The van der Waals surface area contributed by atoms with Crippen molar-refractivity contribution in [1.82, 2.24) is 4.98 Å². The number of hydrogen-bond donors (Lipinski definition) is 1. The highest BCUT2D eigenvalue weighted by Gasteiger charge is 2.10. The molecule has 0 fully saturated rings. The van der Waals surface area contributed by atoms with E-state index in [4.69, 9.17) is 5.11 Å². The lowest BCUT2D eigenvalue weighted by Crippen LogP contribution is -1.98. The smallest absolute Gasteiger partial charge is 0.133 e. The van der Waals surface area contributed by atoms with Gasteiger partial charge in [-0.2, -0.15) is 0 Å². The van der Waals surface area contributed by atoms with Gasteiger partial charge in [-0.15, -0.1) is 22.7 Å². The second-order valence-corrected chi connectivity index (χ2v) is 4.94. The van der Waals surface area contributed by atoms with Crippen LogP contribution in [0.25, 0.3) is 9.88 Å². The molecule has 4 heteroatoms. The van der Waals surface area contributed by atoms with Crippen LogP contribution < -0.4 is 0 Å². The van der Waals surface area contributed by atoms with Crippen LogP contribution in [-0.2, 0) is 0 Å². The molecule has 0 aliphatic carbocycles. The van der Waals surface area contributed by atoms with Crippen molar-refractivity contribution in [2.45, 2.75) is 12.8 Å². The highest BCUT2D eigenvalue weighted by Crippen LogP contribution is 2.29. The summed E-state index contributed by atoms with van der Waals surface area (Å²) in [5.74, 6) is 0.139. The van der Waals surface area contributed by atoms with E-state index in [1.54, 1.807) is 22.7 Å². The van der Waals surface area contributed by atoms with Crippen molar-refractivity contribution in [1.29, 1.82) is 0 Å². The molecule has 1 unspecified atom stereocenters. The molecule has 74 valence electrons. The Morgan fingerprint density at radius 1 is 1.50 bits per heavy atom. The first-order valence-electron chi connectivity index (χ1n) is 4.41. The van der Waals surface area contributed by atoms with Crippen molar-refractivity contribution < 1.29 is 5.11 Å². The second kappa shape index (κ2) is 4.21. The van der Waals surface area contributed by atoms with Crippen LogP contribution in [0.1, 0.15) is 18.5 Å². The molecule has 1 atom stereocenters. The Morgan fingerprint density at radius 3 is 3.00 bits per heavy atom. The molecule has 2 rings (SSSR count). The molecule has 0 spiro atoms. The molecule has 0 amide bonds. The Labute approximate surface area is 90.9 Å². The van der Waals surface area contributed by atoms with Crippen LogP contribution in [0.5, 0.6) is 0 Å². The predicted octanol–water partition coefficient (Wildman–Crippen LogP) is 2.97. The minimum absolute atomic E-state index is 0.139. The second-order valence-electron chi connectivity index (χ2n) is 3.14. The van der Waals surface area contributed by atoms with Crippen molar-refractivity contribution in [2.24, 2.45) is 0 Å². The third kappa shape index (κ3) is 1.87. The zero-order valence-electron chi connectivity index (χ0n) is 7.80. The predicted molar refractivity (Wildman–Crippen MR) is 60.9 cm³/mol. The number of hydrogen-bond acceptors (Lipinski definition) is 4. The van der Waals surface area contributed by atoms with Gasteiger partial charge in [0, 0.05) is 11.3 Å². The summed E-state index contributed by atoms with van der Waals surface area (Å²) < 4.78 is 0. The van der Waals surface area contributed by atoms with Gasteiger partial charge in [-0.05, 0) is 11.4 Å². The van der Waals surface area contributed by atoms with Crippen molar-refractivity contribution >= 4 is 22.7 Å². The molecular weight excluding hydrogens is 214 g/mol. The van der Waals surface area contributed by atoms with E-state index in [9.17, 15) is 0 Å². The lowest BCUT2D eigenvalue weighted by Gasteiger charge is -2.01. The minimum atomic E-state index is 0.139. The molecule has 2 nitrogen and oxygen atoms in total. The van der Waals surface area contributed by atoms with Gasteiger partial charge in [-0.1, -0.05) is 13.0 Å². The quantitative estimate of drug-likeness (QED) is 0.871. The summed E-state index contributed by atoms with van der Waals surface area (Å²) in [6.07, 6.45) is 0. The minimum Gasteiger partial charge on any atom is -0.396 e. The van der Waals surface area contributed by atoms with Crippen LogP contribution in [0, 0.1) is 0 Å². The van der Waals surface area contributed by atoms with Gasteiger partial charge in [0.15, 0.2) is 0 Å². The van der Waals surface area contributed by atoms with Gasteiger partial charge < -0.3 is 5.11 Å². The van der Waals surface area contributed by atoms with E-state index < -0.39 is 0 Å². The van der Waals surface area contributed by atoms with Gasteiger partial charge in [0.05, 0.1) is 17.2 Å². The number of aromatic nitrogens is 1. The molecule has 2 aromatic heterocycles. The van der Waals surface area contributed by atoms with Crippen molar-refractivity contribution in [3.63, 3.8) is 0 Å². The Bertz CT molecular complexity index is 394. The summed E-state index contributed by atoms with van der Waals surface area (Å²) in [5, 5.41) is 14.1. The summed E-state index contributed by atoms with van der Waals surface area (Å²) in [6, 6.07) is 4.09. The van der Waals surface area contributed by atoms with Crippen LogP contribution in [0.3, 0.4) is 0 Å². The van der Waals surface area contributed by atoms with Crippen LogP contribution in [-0.4, -0.2) is 16.7 Å².